The number of nitrogens with one attached hydrogen (secondary N) is 1. The maximum absolute atomic E-state index is 11.9. The van der Waals surface area contributed by atoms with E-state index in [0.29, 0.717) is 18.5 Å². The van der Waals surface area contributed by atoms with E-state index in [1.165, 1.54) is 0 Å². The van der Waals surface area contributed by atoms with Crippen molar-refractivity contribution in [2.75, 3.05) is 11.5 Å². The molecule has 18 heavy (non-hydrogen) atoms. The predicted molar refractivity (Wildman–Crippen MR) is 68.9 cm³/mol. The highest BCUT2D eigenvalue weighted by Gasteiger charge is 2.28. The Morgan fingerprint density at radius 2 is 2.00 bits per heavy atom. The van der Waals surface area contributed by atoms with Gasteiger partial charge in [-0.25, -0.2) is 8.42 Å². The van der Waals surface area contributed by atoms with E-state index < -0.39 is 9.84 Å². The smallest absolute Gasteiger partial charge is 0.251 e. The van der Waals surface area contributed by atoms with Gasteiger partial charge in [-0.2, -0.15) is 0 Å². The molecule has 0 aromatic heterocycles. The summed E-state index contributed by atoms with van der Waals surface area (Å²) in [4.78, 5) is 11.9. The van der Waals surface area contributed by atoms with Crippen LogP contribution in [-0.4, -0.2) is 31.9 Å². The Bertz CT molecular complexity index is 537. The van der Waals surface area contributed by atoms with Gasteiger partial charge >= 0.3 is 0 Å². The van der Waals surface area contributed by atoms with Crippen molar-refractivity contribution in [1.29, 1.82) is 0 Å². The van der Waals surface area contributed by atoms with E-state index in [1.54, 1.807) is 24.3 Å². The average Bonchev–Trinajstić information content (AvgIpc) is 2.68. The van der Waals surface area contributed by atoms with Crippen molar-refractivity contribution in [1.82, 2.24) is 5.32 Å². The van der Waals surface area contributed by atoms with Gasteiger partial charge in [-0.3, -0.25) is 4.79 Å². The Morgan fingerprint density at radius 3 is 2.50 bits per heavy atom. The summed E-state index contributed by atoms with van der Waals surface area (Å²) >= 11 is 0. The van der Waals surface area contributed by atoms with Crippen LogP contribution in [0.1, 0.15) is 22.3 Å². The highest BCUT2D eigenvalue weighted by Crippen LogP contribution is 2.12. The summed E-state index contributed by atoms with van der Waals surface area (Å²) < 4.78 is 22.6. The van der Waals surface area contributed by atoms with Crippen molar-refractivity contribution < 1.29 is 13.2 Å². The molecule has 1 saturated heterocycles. The van der Waals surface area contributed by atoms with Gasteiger partial charge in [0.1, 0.15) is 0 Å². The number of benzene rings is 1. The fourth-order valence-electron chi connectivity index (χ4n) is 1.97. The third-order valence-corrected chi connectivity index (χ3v) is 4.79. The number of carbonyl (C=O) groups is 1. The lowest BCUT2D eigenvalue weighted by atomic mass is 10.1. The zero-order valence-corrected chi connectivity index (χ0v) is 10.7. The van der Waals surface area contributed by atoms with Crippen molar-refractivity contribution in [3.05, 3.63) is 35.4 Å². The van der Waals surface area contributed by atoms with Crippen LogP contribution in [0.4, 0.5) is 0 Å². The van der Waals surface area contributed by atoms with Crippen LogP contribution in [0.25, 0.3) is 0 Å². The first-order chi connectivity index (χ1) is 8.50. The molecule has 3 N–H and O–H groups in total. The predicted octanol–water partition coefficient (Wildman–Crippen LogP) is 0.0622. The normalized spacial score (nSPS) is 21.7. The lowest BCUT2D eigenvalue weighted by molar-refractivity contribution is 0.0941. The third kappa shape index (κ3) is 3.08. The van der Waals surface area contributed by atoms with Crippen LogP contribution < -0.4 is 11.1 Å². The second kappa shape index (κ2) is 5.07. The fourth-order valence-corrected chi connectivity index (χ4v) is 3.64. The number of hydrogen-bond donors (Lipinski definition) is 2. The number of nitrogens with two attached hydrogens (primary N) is 1. The quantitative estimate of drug-likeness (QED) is 0.811. The molecule has 1 atom stereocenters. The maximum atomic E-state index is 11.9. The Kier molecular flexibility index (Phi) is 3.68. The topological polar surface area (TPSA) is 89.3 Å². The molecule has 0 saturated carbocycles. The fraction of sp³-hybridized carbons (Fsp3) is 0.417. The molecule has 1 aromatic carbocycles. The molecule has 0 aliphatic carbocycles. The van der Waals surface area contributed by atoms with Crippen LogP contribution >= 0.6 is 0 Å². The molecule has 0 radical (unpaired) electrons. The molecular weight excluding hydrogens is 252 g/mol. The molecule has 1 aliphatic rings. The van der Waals surface area contributed by atoms with E-state index in [-0.39, 0.29) is 23.5 Å². The van der Waals surface area contributed by atoms with Gasteiger partial charge in [0.25, 0.3) is 5.91 Å². The summed E-state index contributed by atoms with van der Waals surface area (Å²) in [7, 11) is -2.97. The van der Waals surface area contributed by atoms with Crippen LogP contribution in [0.3, 0.4) is 0 Å². The summed E-state index contributed by atoms with van der Waals surface area (Å²) in [6, 6.07) is 6.71. The number of hydrogen-bond acceptors (Lipinski definition) is 4. The first kappa shape index (κ1) is 13.0. The van der Waals surface area contributed by atoms with Crippen molar-refractivity contribution in [3.8, 4) is 0 Å². The number of rotatable bonds is 3. The van der Waals surface area contributed by atoms with Crippen molar-refractivity contribution in [3.63, 3.8) is 0 Å². The van der Waals surface area contributed by atoms with Crippen LogP contribution in [0.15, 0.2) is 24.3 Å². The summed E-state index contributed by atoms with van der Waals surface area (Å²) in [6.07, 6.45) is 0.495. The highest BCUT2D eigenvalue weighted by atomic mass is 32.2. The van der Waals surface area contributed by atoms with Gasteiger partial charge in [0.2, 0.25) is 0 Å². The maximum Gasteiger partial charge on any atom is 0.251 e. The molecule has 0 spiro atoms. The van der Waals surface area contributed by atoms with Gasteiger partial charge in [0, 0.05) is 18.2 Å². The van der Waals surface area contributed by atoms with Gasteiger partial charge < -0.3 is 11.1 Å². The molecule has 6 heteroatoms. The SMILES string of the molecule is NCc1ccc(C(=O)NC2CCS(=O)(=O)C2)cc1. The van der Waals surface area contributed by atoms with Gasteiger partial charge in [-0.1, -0.05) is 12.1 Å². The molecular formula is C12H16N2O3S. The monoisotopic (exact) mass is 268 g/mol. The zero-order chi connectivity index (χ0) is 13.2. The molecule has 1 heterocycles. The Balaban J connectivity index is 1.99. The Morgan fingerprint density at radius 1 is 1.33 bits per heavy atom. The summed E-state index contributed by atoms with van der Waals surface area (Å²) in [6.45, 7) is 0.433. The van der Waals surface area contributed by atoms with Crippen LogP contribution in [0.2, 0.25) is 0 Å². The molecule has 98 valence electrons. The Hall–Kier alpha value is -1.40. The molecule has 0 bridgehead atoms. The van der Waals surface area contributed by atoms with Crippen LogP contribution in [-0.2, 0) is 16.4 Å². The minimum absolute atomic E-state index is 0.0413. The van der Waals surface area contributed by atoms with Gasteiger partial charge in [0.15, 0.2) is 9.84 Å². The second-order valence-corrected chi connectivity index (χ2v) is 6.70. The first-order valence-corrected chi connectivity index (χ1v) is 7.62. The largest absolute Gasteiger partial charge is 0.348 e. The summed E-state index contributed by atoms with van der Waals surface area (Å²) in [5.41, 5.74) is 6.95. The van der Waals surface area contributed by atoms with E-state index in [2.05, 4.69) is 5.32 Å². The lowest BCUT2D eigenvalue weighted by Crippen LogP contribution is -2.35. The highest BCUT2D eigenvalue weighted by molar-refractivity contribution is 7.91. The minimum Gasteiger partial charge on any atom is -0.348 e. The first-order valence-electron chi connectivity index (χ1n) is 5.80. The van der Waals surface area contributed by atoms with Gasteiger partial charge in [-0.15, -0.1) is 0 Å². The van der Waals surface area contributed by atoms with E-state index >= 15 is 0 Å². The molecule has 1 aromatic rings. The molecule has 1 aliphatic heterocycles. The number of sulfone groups is 1. The van der Waals surface area contributed by atoms with E-state index in [4.69, 9.17) is 5.73 Å². The van der Waals surface area contributed by atoms with E-state index in [0.717, 1.165) is 5.56 Å². The van der Waals surface area contributed by atoms with Crippen molar-refractivity contribution >= 4 is 15.7 Å². The number of carbonyl (C=O) groups excluding carboxylic acids is 1. The van der Waals surface area contributed by atoms with Crippen LogP contribution in [0, 0.1) is 0 Å². The molecule has 1 fully saturated rings. The third-order valence-electron chi connectivity index (χ3n) is 3.02. The average molecular weight is 268 g/mol. The summed E-state index contributed by atoms with van der Waals surface area (Å²) in [5, 5.41) is 2.74. The van der Waals surface area contributed by atoms with E-state index in [9.17, 15) is 13.2 Å². The van der Waals surface area contributed by atoms with E-state index in [1.807, 2.05) is 0 Å². The standard InChI is InChI=1S/C12H16N2O3S/c13-7-9-1-3-10(4-2-9)12(15)14-11-5-6-18(16,17)8-11/h1-4,11H,5-8,13H2,(H,14,15). The van der Waals surface area contributed by atoms with Gasteiger partial charge in [0.05, 0.1) is 11.5 Å². The molecule has 2 rings (SSSR count). The van der Waals surface area contributed by atoms with Crippen molar-refractivity contribution in [2.45, 2.75) is 19.0 Å². The van der Waals surface area contributed by atoms with Crippen LogP contribution in [0.5, 0.6) is 0 Å². The molecule has 1 unspecified atom stereocenters. The second-order valence-electron chi connectivity index (χ2n) is 4.47. The molecule has 1 amide bonds. The van der Waals surface area contributed by atoms with Crippen molar-refractivity contribution in [2.24, 2.45) is 5.73 Å². The zero-order valence-electron chi connectivity index (χ0n) is 9.93. The summed E-state index contributed by atoms with van der Waals surface area (Å²) in [5.74, 6) is -0.0374. The lowest BCUT2D eigenvalue weighted by Gasteiger charge is -2.10. The molecule has 5 nitrogen and oxygen atoms in total. The van der Waals surface area contributed by atoms with Gasteiger partial charge in [-0.05, 0) is 24.1 Å². The minimum atomic E-state index is -2.97. The number of amides is 1. The Labute approximate surface area is 106 Å².